The quantitative estimate of drug-likeness (QED) is 0.705. The number of aliphatic hydroxyl groups excluding tert-OH is 1. The summed E-state index contributed by atoms with van der Waals surface area (Å²) >= 11 is 0. The highest BCUT2D eigenvalue weighted by atomic mass is 32.2. The van der Waals surface area contributed by atoms with Crippen molar-refractivity contribution in [3.63, 3.8) is 0 Å². The Kier molecular flexibility index (Phi) is 4.14. The molecule has 0 aromatic rings. The monoisotopic (exact) mass is 235 g/mol. The van der Waals surface area contributed by atoms with Crippen LogP contribution in [0.2, 0.25) is 0 Å². The molecular weight excluding hydrogens is 214 g/mol. The van der Waals surface area contributed by atoms with Crippen molar-refractivity contribution in [3.05, 3.63) is 0 Å². The van der Waals surface area contributed by atoms with Gasteiger partial charge in [0.15, 0.2) is 9.84 Å². The van der Waals surface area contributed by atoms with Gasteiger partial charge in [0.1, 0.15) is 0 Å². The molecule has 0 radical (unpaired) electrons. The Labute approximate surface area is 92.0 Å². The van der Waals surface area contributed by atoms with Crippen molar-refractivity contribution in [2.75, 3.05) is 31.2 Å². The van der Waals surface area contributed by atoms with Crippen LogP contribution in [-0.4, -0.2) is 44.7 Å². The van der Waals surface area contributed by atoms with Crippen molar-refractivity contribution in [2.24, 2.45) is 11.3 Å². The van der Waals surface area contributed by atoms with Gasteiger partial charge in [-0.25, -0.2) is 8.42 Å². The highest BCUT2D eigenvalue weighted by Crippen LogP contribution is 2.18. The number of rotatable bonds is 5. The minimum absolute atomic E-state index is 0.128. The summed E-state index contributed by atoms with van der Waals surface area (Å²) in [5.41, 5.74) is -0.128. The van der Waals surface area contributed by atoms with Gasteiger partial charge in [-0.05, 0) is 18.9 Å². The Hall–Kier alpha value is -0.130. The zero-order valence-electron chi connectivity index (χ0n) is 9.49. The van der Waals surface area contributed by atoms with E-state index in [4.69, 9.17) is 5.11 Å². The van der Waals surface area contributed by atoms with E-state index in [0.717, 1.165) is 19.5 Å². The van der Waals surface area contributed by atoms with Gasteiger partial charge in [0.05, 0.1) is 11.5 Å². The van der Waals surface area contributed by atoms with Crippen LogP contribution in [0.1, 0.15) is 20.3 Å². The van der Waals surface area contributed by atoms with Crippen LogP contribution in [0.15, 0.2) is 0 Å². The molecule has 1 atom stereocenters. The average molecular weight is 235 g/mol. The molecule has 1 aliphatic heterocycles. The molecular formula is C10H21NO3S. The van der Waals surface area contributed by atoms with Gasteiger partial charge in [-0.15, -0.1) is 0 Å². The highest BCUT2D eigenvalue weighted by molar-refractivity contribution is 7.91. The molecule has 4 nitrogen and oxygen atoms in total. The molecule has 1 unspecified atom stereocenters. The number of nitrogens with one attached hydrogen (secondary N) is 1. The van der Waals surface area contributed by atoms with E-state index in [-0.39, 0.29) is 17.9 Å². The Morgan fingerprint density at radius 3 is 2.60 bits per heavy atom. The van der Waals surface area contributed by atoms with Crippen LogP contribution < -0.4 is 5.32 Å². The molecule has 1 aliphatic rings. The molecule has 0 saturated carbocycles. The first-order chi connectivity index (χ1) is 6.85. The zero-order chi connectivity index (χ0) is 11.5. The van der Waals surface area contributed by atoms with Crippen molar-refractivity contribution in [1.82, 2.24) is 5.32 Å². The Morgan fingerprint density at radius 1 is 1.47 bits per heavy atom. The van der Waals surface area contributed by atoms with Gasteiger partial charge < -0.3 is 10.4 Å². The van der Waals surface area contributed by atoms with E-state index in [1.54, 1.807) is 0 Å². The van der Waals surface area contributed by atoms with Gasteiger partial charge in [-0.1, -0.05) is 13.8 Å². The van der Waals surface area contributed by atoms with Crippen molar-refractivity contribution in [1.29, 1.82) is 0 Å². The third-order valence-corrected chi connectivity index (χ3v) is 4.63. The number of aliphatic hydroxyl groups is 1. The van der Waals surface area contributed by atoms with Crippen molar-refractivity contribution < 1.29 is 13.5 Å². The maximum absolute atomic E-state index is 11.2. The van der Waals surface area contributed by atoms with E-state index in [1.165, 1.54) is 0 Å². The summed E-state index contributed by atoms with van der Waals surface area (Å²) in [4.78, 5) is 0. The highest BCUT2D eigenvalue weighted by Gasteiger charge is 2.27. The fourth-order valence-electron chi connectivity index (χ4n) is 1.70. The van der Waals surface area contributed by atoms with E-state index in [9.17, 15) is 8.42 Å². The van der Waals surface area contributed by atoms with Gasteiger partial charge in [0, 0.05) is 18.6 Å². The summed E-state index contributed by atoms with van der Waals surface area (Å²) in [5, 5.41) is 12.3. The van der Waals surface area contributed by atoms with Crippen LogP contribution in [-0.2, 0) is 9.84 Å². The minimum Gasteiger partial charge on any atom is -0.396 e. The van der Waals surface area contributed by atoms with Gasteiger partial charge in [-0.3, -0.25) is 0 Å². The van der Waals surface area contributed by atoms with Crippen LogP contribution in [0.3, 0.4) is 0 Å². The standard InChI is InChI=1S/C10H21NO3S/c1-10(2,8-12)7-11-5-9-3-4-15(13,14)6-9/h9,11-12H,3-8H2,1-2H3. The summed E-state index contributed by atoms with van der Waals surface area (Å²) in [6.07, 6.45) is 0.773. The fraction of sp³-hybridized carbons (Fsp3) is 1.00. The average Bonchev–Trinajstić information content (AvgIpc) is 2.45. The maximum atomic E-state index is 11.2. The summed E-state index contributed by atoms with van der Waals surface area (Å²) in [7, 11) is -2.76. The van der Waals surface area contributed by atoms with Crippen molar-refractivity contribution >= 4 is 9.84 Å². The Bertz CT molecular complexity index is 298. The van der Waals surface area contributed by atoms with Gasteiger partial charge >= 0.3 is 0 Å². The molecule has 2 N–H and O–H groups in total. The van der Waals surface area contributed by atoms with Crippen LogP contribution >= 0.6 is 0 Å². The summed E-state index contributed by atoms with van der Waals surface area (Å²) in [5.74, 6) is 0.909. The first-order valence-electron chi connectivity index (χ1n) is 5.37. The van der Waals surface area contributed by atoms with Crippen LogP contribution in [0.4, 0.5) is 0 Å². The molecule has 1 rings (SSSR count). The lowest BCUT2D eigenvalue weighted by molar-refractivity contribution is 0.156. The predicted octanol–water partition coefficient (Wildman–Crippen LogP) is 0.0292. The lowest BCUT2D eigenvalue weighted by atomic mass is 9.95. The number of hydrogen-bond acceptors (Lipinski definition) is 4. The lowest BCUT2D eigenvalue weighted by Crippen LogP contribution is -2.35. The topological polar surface area (TPSA) is 66.4 Å². The predicted molar refractivity (Wildman–Crippen MR) is 60.5 cm³/mol. The van der Waals surface area contributed by atoms with E-state index >= 15 is 0 Å². The molecule has 90 valence electrons. The molecule has 5 heteroatoms. The van der Waals surface area contributed by atoms with E-state index in [1.807, 2.05) is 13.8 Å². The van der Waals surface area contributed by atoms with E-state index < -0.39 is 9.84 Å². The molecule has 0 aliphatic carbocycles. The Balaban J connectivity index is 2.23. The molecule has 1 heterocycles. The molecule has 0 spiro atoms. The van der Waals surface area contributed by atoms with Crippen LogP contribution in [0.25, 0.3) is 0 Å². The number of sulfone groups is 1. The second-order valence-corrected chi connectivity index (χ2v) is 7.45. The molecule has 0 bridgehead atoms. The first kappa shape index (κ1) is 12.9. The summed E-state index contributed by atoms with van der Waals surface area (Å²) in [6.45, 7) is 5.56. The summed E-state index contributed by atoms with van der Waals surface area (Å²) in [6, 6.07) is 0. The normalized spacial score (nSPS) is 25.7. The van der Waals surface area contributed by atoms with E-state index in [0.29, 0.717) is 11.5 Å². The molecule has 0 amide bonds. The van der Waals surface area contributed by atoms with E-state index in [2.05, 4.69) is 5.32 Å². The van der Waals surface area contributed by atoms with Gasteiger partial charge in [0.2, 0.25) is 0 Å². The SMILES string of the molecule is CC(C)(CO)CNCC1CCS(=O)(=O)C1. The van der Waals surface area contributed by atoms with Crippen molar-refractivity contribution in [2.45, 2.75) is 20.3 Å². The van der Waals surface area contributed by atoms with Crippen LogP contribution in [0.5, 0.6) is 0 Å². The number of hydrogen-bond donors (Lipinski definition) is 2. The van der Waals surface area contributed by atoms with Gasteiger partial charge in [0.25, 0.3) is 0 Å². The zero-order valence-corrected chi connectivity index (χ0v) is 10.3. The lowest BCUT2D eigenvalue weighted by Gasteiger charge is -2.22. The molecule has 0 aromatic heterocycles. The van der Waals surface area contributed by atoms with Crippen LogP contribution in [0, 0.1) is 11.3 Å². The smallest absolute Gasteiger partial charge is 0.150 e. The van der Waals surface area contributed by atoms with Gasteiger partial charge in [-0.2, -0.15) is 0 Å². The maximum Gasteiger partial charge on any atom is 0.150 e. The molecule has 15 heavy (non-hydrogen) atoms. The molecule has 1 saturated heterocycles. The van der Waals surface area contributed by atoms with Crippen molar-refractivity contribution in [3.8, 4) is 0 Å². The third-order valence-electron chi connectivity index (χ3n) is 2.79. The third kappa shape index (κ3) is 4.49. The summed E-state index contributed by atoms with van der Waals surface area (Å²) < 4.78 is 22.4. The largest absolute Gasteiger partial charge is 0.396 e. The Morgan fingerprint density at radius 2 is 2.13 bits per heavy atom. The fourth-order valence-corrected chi connectivity index (χ4v) is 3.57. The minimum atomic E-state index is -2.76. The first-order valence-corrected chi connectivity index (χ1v) is 7.19. The molecule has 0 aromatic carbocycles. The second kappa shape index (κ2) is 4.80. The molecule has 1 fully saturated rings. The second-order valence-electron chi connectivity index (χ2n) is 5.22.